The first kappa shape index (κ1) is 56.2. The number of phosphoric acid groups is 1. The Labute approximate surface area is 355 Å². The summed E-state index contributed by atoms with van der Waals surface area (Å²) >= 11 is 0. The van der Waals surface area contributed by atoms with Gasteiger partial charge >= 0.3 is 19.8 Å². The van der Waals surface area contributed by atoms with Crippen molar-refractivity contribution >= 4 is 19.8 Å². The SMILES string of the molecule is CC/C=C\C/C=C\C/C=C\CCCCCCOCC(COP(=O)(O)OCC(N)C(=O)O)OC(=O)CCCCCCCCCCCCCCCCCCCCCCCC. The maximum atomic E-state index is 12.7. The highest BCUT2D eigenvalue weighted by molar-refractivity contribution is 7.47. The van der Waals surface area contributed by atoms with Crippen molar-refractivity contribution in [2.24, 2.45) is 5.73 Å². The second kappa shape index (κ2) is 43.3. The lowest BCUT2D eigenvalue weighted by Crippen LogP contribution is -2.34. The van der Waals surface area contributed by atoms with Gasteiger partial charge in [-0.05, 0) is 44.9 Å². The molecule has 0 rings (SSSR count). The van der Waals surface area contributed by atoms with Gasteiger partial charge in [0.1, 0.15) is 12.1 Å². The molecule has 0 aliphatic carbocycles. The fourth-order valence-corrected chi connectivity index (χ4v) is 7.34. The van der Waals surface area contributed by atoms with Gasteiger partial charge in [0.05, 0.1) is 19.8 Å². The predicted molar refractivity (Wildman–Crippen MR) is 240 cm³/mol. The van der Waals surface area contributed by atoms with E-state index in [2.05, 4.69) is 50.3 Å². The first-order valence-electron chi connectivity index (χ1n) is 23.5. The van der Waals surface area contributed by atoms with Crippen LogP contribution in [0.4, 0.5) is 0 Å². The van der Waals surface area contributed by atoms with E-state index in [1.54, 1.807) is 0 Å². The zero-order valence-corrected chi connectivity index (χ0v) is 38.0. The minimum Gasteiger partial charge on any atom is -0.480 e. The number of ether oxygens (including phenoxy) is 2. The number of nitrogens with two attached hydrogens (primary N) is 1. The molecule has 0 heterocycles. The van der Waals surface area contributed by atoms with Crippen LogP contribution in [-0.4, -0.2) is 60.5 Å². The molecule has 0 aromatic rings. The molecule has 0 amide bonds. The molecule has 3 unspecified atom stereocenters. The Morgan fingerprint density at radius 2 is 1.00 bits per heavy atom. The minimum atomic E-state index is -4.62. The van der Waals surface area contributed by atoms with Crippen LogP contribution in [0.2, 0.25) is 0 Å². The van der Waals surface area contributed by atoms with E-state index in [-0.39, 0.29) is 13.0 Å². The Kier molecular flexibility index (Phi) is 41.9. The summed E-state index contributed by atoms with van der Waals surface area (Å²) in [5.74, 6) is -1.78. The Morgan fingerprint density at radius 3 is 1.50 bits per heavy atom. The van der Waals surface area contributed by atoms with Crippen LogP contribution in [-0.2, 0) is 32.7 Å². The number of carbonyl (C=O) groups excluding carboxylic acids is 1. The molecule has 340 valence electrons. The monoisotopic (exact) mass is 842 g/mol. The molecular weight excluding hydrogens is 753 g/mol. The standard InChI is InChI=1S/C47H88NO9P/c1-3-5-7-9-11-13-15-17-19-20-21-22-23-24-25-26-27-29-31-33-35-37-39-46(49)57-44(42-55-58(52,53)56-43-45(48)47(50)51)41-54-40-38-36-34-32-30-28-18-16-14-12-10-8-6-4-2/h6,8,12,14,18,28,44-45H,3-5,7,9-11,13,15-17,19-27,29-43,48H2,1-2H3,(H,50,51)(H,52,53)/b8-6-,14-12-,28-18-. The van der Waals surface area contributed by atoms with Crippen molar-refractivity contribution in [3.63, 3.8) is 0 Å². The lowest BCUT2D eigenvalue weighted by Gasteiger charge is -2.20. The summed E-state index contributed by atoms with van der Waals surface area (Å²) in [6, 6.07) is -1.48. The van der Waals surface area contributed by atoms with Crippen molar-refractivity contribution in [2.45, 2.75) is 225 Å². The lowest BCUT2D eigenvalue weighted by atomic mass is 10.0. The van der Waals surface area contributed by atoms with E-state index in [4.69, 9.17) is 29.4 Å². The number of carbonyl (C=O) groups is 2. The van der Waals surface area contributed by atoms with Gasteiger partial charge in [-0.25, -0.2) is 4.57 Å². The summed E-state index contributed by atoms with van der Waals surface area (Å²) < 4.78 is 33.4. The molecule has 11 heteroatoms. The van der Waals surface area contributed by atoms with Gasteiger partial charge in [0.25, 0.3) is 0 Å². The summed E-state index contributed by atoms with van der Waals surface area (Å²) in [5, 5.41) is 8.90. The number of hydrogen-bond donors (Lipinski definition) is 3. The van der Waals surface area contributed by atoms with Crippen molar-refractivity contribution in [3.05, 3.63) is 36.5 Å². The highest BCUT2D eigenvalue weighted by Crippen LogP contribution is 2.43. The van der Waals surface area contributed by atoms with Crippen molar-refractivity contribution in [3.8, 4) is 0 Å². The molecule has 0 spiro atoms. The van der Waals surface area contributed by atoms with Crippen molar-refractivity contribution in [1.29, 1.82) is 0 Å². The van der Waals surface area contributed by atoms with E-state index in [1.807, 2.05) is 0 Å². The molecule has 3 atom stereocenters. The van der Waals surface area contributed by atoms with Crippen LogP contribution in [0, 0.1) is 0 Å². The molecule has 0 radical (unpaired) electrons. The number of carboxylic acid groups (broad SMARTS) is 1. The van der Waals surface area contributed by atoms with Crippen LogP contribution < -0.4 is 5.73 Å². The topological polar surface area (TPSA) is 155 Å². The summed E-state index contributed by atoms with van der Waals surface area (Å²) in [4.78, 5) is 33.6. The number of allylic oxidation sites excluding steroid dienone is 6. The molecule has 10 nitrogen and oxygen atoms in total. The number of esters is 1. The fraction of sp³-hybridized carbons (Fsp3) is 0.830. The van der Waals surface area contributed by atoms with Crippen LogP contribution >= 0.6 is 7.82 Å². The maximum absolute atomic E-state index is 12.7. The zero-order chi connectivity index (χ0) is 42.6. The third-order valence-corrected chi connectivity index (χ3v) is 11.1. The average Bonchev–Trinajstić information content (AvgIpc) is 3.20. The Morgan fingerprint density at radius 1 is 0.569 bits per heavy atom. The molecule has 0 aliphatic heterocycles. The molecule has 0 saturated heterocycles. The van der Waals surface area contributed by atoms with Crippen LogP contribution in [0.5, 0.6) is 0 Å². The van der Waals surface area contributed by atoms with Gasteiger partial charge in [-0.3, -0.25) is 18.6 Å². The number of phosphoric ester groups is 1. The summed E-state index contributed by atoms with van der Waals surface area (Å²) in [7, 11) is -4.62. The van der Waals surface area contributed by atoms with Crippen LogP contribution in [0.15, 0.2) is 36.5 Å². The second-order valence-electron chi connectivity index (χ2n) is 15.9. The first-order chi connectivity index (χ1) is 28.2. The lowest BCUT2D eigenvalue weighted by molar-refractivity contribution is -0.154. The number of hydrogen-bond acceptors (Lipinski definition) is 8. The maximum Gasteiger partial charge on any atom is 0.472 e. The Hall–Kier alpha value is -1.81. The molecule has 0 bridgehead atoms. The van der Waals surface area contributed by atoms with E-state index in [0.717, 1.165) is 64.2 Å². The van der Waals surface area contributed by atoms with E-state index in [9.17, 15) is 19.0 Å². The van der Waals surface area contributed by atoms with Crippen LogP contribution in [0.25, 0.3) is 0 Å². The minimum absolute atomic E-state index is 0.00419. The molecule has 58 heavy (non-hydrogen) atoms. The van der Waals surface area contributed by atoms with Crippen molar-refractivity contribution in [1.82, 2.24) is 0 Å². The van der Waals surface area contributed by atoms with Crippen LogP contribution in [0.3, 0.4) is 0 Å². The predicted octanol–water partition coefficient (Wildman–Crippen LogP) is 13.3. The third-order valence-electron chi connectivity index (χ3n) is 10.2. The molecule has 4 N–H and O–H groups in total. The molecular formula is C47H88NO9P. The van der Waals surface area contributed by atoms with E-state index in [0.29, 0.717) is 13.0 Å². The summed E-state index contributed by atoms with van der Waals surface area (Å²) in [6.07, 6.45) is 49.2. The number of carboxylic acids is 1. The number of rotatable bonds is 45. The smallest absolute Gasteiger partial charge is 0.472 e. The van der Waals surface area contributed by atoms with E-state index < -0.39 is 45.1 Å². The van der Waals surface area contributed by atoms with Crippen LogP contribution in [0.1, 0.15) is 213 Å². The third kappa shape index (κ3) is 42.3. The van der Waals surface area contributed by atoms with Gasteiger partial charge in [0.15, 0.2) is 0 Å². The van der Waals surface area contributed by atoms with Gasteiger partial charge in [-0.1, -0.05) is 198 Å². The van der Waals surface area contributed by atoms with Gasteiger partial charge in [-0.15, -0.1) is 0 Å². The molecule has 0 fully saturated rings. The molecule has 0 aliphatic rings. The highest BCUT2D eigenvalue weighted by atomic mass is 31.2. The fourth-order valence-electron chi connectivity index (χ4n) is 6.56. The zero-order valence-electron chi connectivity index (χ0n) is 37.1. The normalized spacial score (nSPS) is 14.1. The molecule has 0 aromatic heterocycles. The largest absolute Gasteiger partial charge is 0.480 e. The van der Waals surface area contributed by atoms with Crippen molar-refractivity contribution < 1.29 is 42.7 Å². The van der Waals surface area contributed by atoms with Gasteiger partial charge in [0.2, 0.25) is 0 Å². The Balaban J connectivity index is 4.14. The average molecular weight is 842 g/mol. The Bertz CT molecular complexity index is 1070. The molecule has 0 saturated carbocycles. The summed E-state index contributed by atoms with van der Waals surface area (Å²) in [5.41, 5.74) is 5.36. The number of unbranched alkanes of at least 4 members (excludes halogenated alkanes) is 25. The molecule has 0 aromatic carbocycles. The second-order valence-corrected chi connectivity index (χ2v) is 17.3. The van der Waals surface area contributed by atoms with Gasteiger partial charge < -0.3 is 25.2 Å². The van der Waals surface area contributed by atoms with E-state index >= 15 is 0 Å². The van der Waals surface area contributed by atoms with E-state index in [1.165, 1.54) is 122 Å². The highest BCUT2D eigenvalue weighted by Gasteiger charge is 2.27. The number of aliphatic carboxylic acids is 1. The summed E-state index contributed by atoms with van der Waals surface area (Å²) in [6.45, 7) is 3.74. The first-order valence-corrected chi connectivity index (χ1v) is 25.0. The van der Waals surface area contributed by atoms with Gasteiger partial charge in [0, 0.05) is 13.0 Å². The van der Waals surface area contributed by atoms with Gasteiger partial charge in [-0.2, -0.15) is 0 Å². The quantitative estimate of drug-likeness (QED) is 0.0233. The van der Waals surface area contributed by atoms with Crippen molar-refractivity contribution in [2.75, 3.05) is 26.4 Å².